The van der Waals surface area contributed by atoms with Gasteiger partial charge in [0.05, 0.1) is 34.7 Å². The van der Waals surface area contributed by atoms with Gasteiger partial charge in [-0.2, -0.15) is 30.6 Å². The van der Waals surface area contributed by atoms with Crippen LogP contribution in [0.1, 0.15) is 49.9 Å². The molecule has 1 aliphatic heterocycles. The topological polar surface area (TPSA) is 73.8 Å². The lowest BCUT2D eigenvalue weighted by Gasteiger charge is -2.47. The van der Waals surface area contributed by atoms with Gasteiger partial charge in [-0.3, -0.25) is 4.79 Å². The summed E-state index contributed by atoms with van der Waals surface area (Å²) in [6.07, 6.45) is -7.73. The van der Waals surface area contributed by atoms with Crippen molar-refractivity contribution >= 4 is 27.4 Å². The minimum absolute atomic E-state index is 0.00304. The minimum atomic E-state index is -5.10. The van der Waals surface area contributed by atoms with Gasteiger partial charge < -0.3 is 9.80 Å². The fraction of sp³-hybridized carbons (Fsp3) is 0.438. The van der Waals surface area contributed by atoms with Crippen molar-refractivity contribution in [3.63, 3.8) is 0 Å². The second-order valence-corrected chi connectivity index (χ2v) is 14.8. The quantitative estimate of drug-likeness (QED) is 0.260. The van der Waals surface area contributed by atoms with E-state index in [-0.39, 0.29) is 31.4 Å². The zero-order valence-electron chi connectivity index (χ0n) is 26.8. The number of hydrogen-bond donors (Lipinski definition) is 0. The number of likely N-dealkylation sites (N-methyl/N-ethyl adjacent to an activating group) is 1. The summed E-state index contributed by atoms with van der Waals surface area (Å²) in [5.41, 5.74) is -4.66. The lowest BCUT2D eigenvalue weighted by atomic mass is 9.81. The smallest absolute Gasteiger partial charge is 0.349 e. The van der Waals surface area contributed by atoms with Crippen molar-refractivity contribution < 1.29 is 43.9 Å². The van der Waals surface area contributed by atoms with Crippen LogP contribution in [0, 0.1) is 12.7 Å². The molecular formula is C32H35F7N4O3S. The van der Waals surface area contributed by atoms with Crippen LogP contribution in [0.3, 0.4) is 0 Å². The first-order valence-electron chi connectivity index (χ1n) is 14.4. The molecule has 0 bridgehead atoms. The molecular weight excluding hydrogens is 653 g/mol. The number of sulfonamides is 1. The van der Waals surface area contributed by atoms with Crippen molar-refractivity contribution in [3.8, 4) is 11.1 Å². The van der Waals surface area contributed by atoms with E-state index in [9.17, 15) is 43.9 Å². The number of amides is 1. The number of piperazine rings is 1. The Morgan fingerprint density at radius 1 is 0.894 bits per heavy atom. The van der Waals surface area contributed by atoms with E-state index in [0.29, 0.717) is 34.6 Å². The van der Waals surface area contributed by atoms with E-state index in [1.165, 1.54) is 49.6 Å². The fourth-order valence-corrected chi connectivity index (χ4v) is 6.75. The average Bonchev–Trinajstić information content (AvgIpc) is 2.94. The maximum atomic E-state index is 14.1. The number of aryl methyl sites for hydroxylation is 1. The fourth-order valence-electron chi connectivity index (χ4n) is 5.78. The molecule has 2 heterocycles. The summed E-state index contributed by atoms with van der Waals surface area (Å²) in [5.74, 6) is -0.934. The Balaban J connectivity index is 1.84. The summed E-state index contributed by atoms with van der Waals surface area (Å²) in [4.78, 5) is 21.6. The maximum Gasteiger partial charge on any atom is 0.416 e. The van der Waals surface area contributed by atoms with Gasteiger partial charge in [0.25, 0.3) is 0 Å². The molecule has 0 N–H and O–H groups in total. The molecule has 4 rings (SSSR count). The Morgan fingerprint density at radius 3 is 1.94 bits per heavy atom. The highest BCUT2D eigenvalue weighted by atomic mass is 32.2. The number of pyridine rings is 1. The Kier molecular flexibility index (Phi) is 9.27. The van der Waals surface area contributed by atoms with Crippen molar-refractivity contribution in [2.45, 2.75) is 57.9 Å². The van der Waals surface area contributed by atoms with Crippen molar-refractivity contribution in [1.82, 2.24) is 9.29 Å². The lowest BCUT2D eigenvalue weighted by molar-refractivity contribution is -0.143. The molecule has 47 heavy (non-hydrogen) atoms. The standard InChI is InChI=1S/C32H35F7N4O3S/c1-19-12-23(33)8-9-24(19)25-16-27(43-11-10-42(47(7,45)46)18-29(43,2)3)40-17-26(25)41(6)28(44)30(4,5)20-13-21(31(34,35)36)15-22(14-20)32(37,38)39/h8-9,12-17H,10-11,18H2,1-7H3. The second kappa shape index (κ2) is 12.1. The van der Waals surface area contributed by atoms with Crippen molar-refractivity contribution in [2.24, 2.45) is 0 Å². The zero-order valence-corrected chi connectivity index (χ0v) is 27.6. The number of rotatable bonds is 6. The van der Waals surface area contributed by atoms with Gasteiger partial charge in [-0.05, 0) is 87.7 Å². The summed E-state index contributed by atoms with van der Waals surface area (Å²) in [6.45, 7) is 8.39. The molecule has 0 radical (unpaired) electrons. The third kappa shape index (κ3) is 7.40. The molecule has 1 saturated heterocycles. The molecule has 0 unspecified atom stereocenters. The monoisotopic (exact) mass is 688 g/mol. The van der Waals surface area contributed by atoms with Crippen molar-refractivity contribution in [2.75, 3.05) is 42.7 Å². The predicted octanol–water partition coefficient (Wildman–Crippen LogP) is 7.03. The Bertz CT molecular complexity index is 1770. The molecule has 0 aliphatic carbocycles. The van der Waals surface area contributed by atoms with Gasteiger partial charge in [-0.25, -0.2) is 17.8 Å². The number of nitrogens with zero attached hydrogens (tertiary/aromatic N) is 4. The van der Waals surface area contributed by atoms with Gasteiger partial charge in [0.1, 0.15) is 11.6 Å². The van der Waals surface area contributed by atoms with Gasteiger partial charge in [0, 0.05) is 37.8 Å². The van der Waals surface area contributed by atoms with Gasteiger partial charge >= 0.3 is 12.4 Å². The Labute approximate surface area is 269 Å². The molecule has 0 atom stereocenters. The minimum Gasteiger partial charge on any atom is -0.349 e. The van der Waals surface area contributed by atoms with Crippen molar-refractivity contribution in [3.05, 3.63) is 76.7 Å². The predicted molar refractivity (Wildman–Crippen MR) is 165 cm³/mol. The van der Waals surface area contributed by atoms with Crippen LogP contribution in [0.2, 0.25) is 0 Å². The summed E-state index contributed by atoms with van der Waals surface area (Å²) in [6, 6.07) is 6.71. The Hall–Kier alpha value is -3.72. The molecule has 0 saturated carbocycles. The summed E-state index contributed by atoms with van der Waals surface area (Å²) in [7, 11) is -2.14. The molecule has 15 heteroatoms. The van der Waals surface area contributed by atoms with Crippen LogP contribution in [0.4, 0.5) is 42.2 Å². The van der Waals surface area contributed by atoms with E-state index in [0.717, 1.165) is 11.2 Å². The van der Waals surface area contributed by atoms with E-state index >= 15 is 0 Å². The van der Waals surface area contributed by atoms with E-state index in [4.69, 9.17) is 0 Å². The second-order valence-electron chi connectivity index (χ2n) is 12.9. The largest absolute Gasteiger partial charge is 0.416 e. The number of hydrogen-bond acceptors (Lipinski definition) is 5. The molecule has 3 aromatic rings. The van der Waals surface area contributed by atoms with E-state index < -0.39 is 61.7 Å². The molecule has 1 aliphatic rings. The highest BCUT2D eigenvalue weighted by molar-refractivity contribution is 7.88. The van der Waals surface area contributed by atoms with Gasteiger partial charge in [-0.15, -0.1) is 0 Å². The normalized spacial score (nSPS) is 16.3. The molecule has 1 fully saturated rings. The van der Waals surface area contributed by atoms with Crippen LogP contribution < -0.4 is 9.80 Å². The Morgan fingerprint density at radius 2 is 1.45 bits per heavy atom. The SMILES string of the molecule is Cc1cc(F)ccc1-c1cc(N2CCN(S(C)(=O)=O)CC2(C)C)ncc1N(C)C(=O)C(C)(C)c1cc(C(F)(F)F)cc(C(F)(F)F)c1. The molecule has 1 amide bonds. The summed E-state index contributed by atoms with van der Waals surface area (Å²) >= 11 is 0. The van der Waals surface area contributed by atoms with Crippen molar-refractivity contribution in [1.29, 1.82) is 0 Å². The van der Waals surface area contributed by atoms with E-state index in [1.807, 2.05) is 18.7 Å². The lowest BCUT2D eigenvalue weighted by Crippen LogP contribution is -2.60. The number of carbonyl (C=O) groups is 1. The van der Waals surface area contributed by atoms with Crippen LogP contribution in [0.25, 0.3) is 11.1 Å². The summed E-state index contributed by atoms with van der Waals surface area (Å²) in [5, 5.41) is 0. The van der Waals surface area contributed by atoms with Gasteiger partial charge in [0.15, 0.2) is 0 Å². The highest BCUT2D eigenvalue weighted by Crippen LogP contribution is 2.42. The highest BCUT2D eigenvalue weighted by Gasteiger charge is 2.42. The van der Waals surface area contributed by atoms with Crippen LogP contribution >= 0.6 is 0 Å². The number of benzene rings is 2. The van der Waals surface area contributed by atoms with Crippen LogP contribution in [-0.2, 0) is 32.6 Å². The molecule has 0 spiro atoms. The molecule has 1 aromatic heterocycles. The van der Waals surface area contributed by atoms with Crippen LogP contribution in [-0.4, -0.2) is 62.1 Å². The first-order chi connectivity index (χ1) is 21.3. The molecule has 7 nitrogen and oxygen atoms in total. The summed E-state index contributed by atoms with van der Waals surface area (Å²) < 4.78 is 122. The zero-order chi connectivity index (χ0) is 35.5. The number of alkyl halides is 6. The third-order valence-corrected chi connectivity index (χ3v) is 9.72. The van der Waals surface area contributed by atoms with Gasteiger partial charge in [-0.1, -0.05) is 6.07 Å². The number of anilines is 2. The molecule has 256 valence electrons. The van der Waals surface area contributed by atoms with E-state index in [2.05, 4.69) is 4.98 Å². The number of carbonyl (C=O) groups excluding carboxylic acids is 1. The maximum absolute atomic E-state index is 14.1. The average molecular weight is 689 g/mol. The first kappa shape index (κ1) is 36.1. The van der Waals surface area contributed by atoms with Gasteiger partial charge in [0.2, 0.25) is 15.9 Å². The van der Waals surface area contributed by atoms with Crippen LogP contribution in [0.15, 0.2) is 48.7 Å². The molecule has 2 aromatic carbocycles. The third-order valence-electron chi connectivity index (χ3n) is 8.47. The number of aromatic nitrogens is 1. The number of halogens is 7. The first-order valence-corrected chi connectivity index (χ1v) is 16.3. The van der Waals surface area contributed by atoms with E-state index in [1.54, 1.807) is 13.0 Å². The van der Waals surface area contributed by atoms with Crippen LogP contribution in [0.5, 0.6) is 0 Å².